The van der Waals surface area contributed by atoms with Crippen molar-refractivity contribution in [2.24, 2.45) is 0 Å². The number of hydrogen-bond acceptors (Lipinski definition) is 4. The maximum atomic E-state index is 10.8. The number of sulfonamides is 1. The lowest BCUT2D eigenvalue weighted by atomic mass is 10.2. The average molecular weight is 208 g/mol. The summed E-state index contributed by atoms with van der Waals surface area (Å²) in [6.07, 6.45) is 1.24. The molecule has 2 unspecified atom stereocenters. The molecule has 1 aliphatic heterocycles. The third-order valence-electron chi connectivity index (χ3n) is 1.80. The second-order valence-electron chi connectivity index (χ2n) is 3.35. The van der Waals surface area contributed by atoms with Crippen molar-refractivity contribution in [1.82, 2.24) is 10.0 Å². The molecule has 0 saturated carbocycles. The molecule has 1 heterocycles. The number of morpholine rings is 1. The second-order valence-corrected chi connectivity index (χ2v) is 5.18. The van der Waals surface area contributed by atoms with Gasteiger partial charge in [-0.2, -0.15) is 0 Å². The highest BCUT2D eigenvalue weighted by Gasteiger charge is 2.19. The molecule has 0 aromatic heterocycles. The van der Waals surface area contributed by atoms with Crippen LogP contribution >= 0.6 is 0 Å². The summed E-state index contributed by atoms with van der Waals surface area (Å²) in [5.74, 6) is 0. The van der Waals surface area contributed by atoms with Gasteiger partial charge in [0.25, 0.3) is 0 Å². The summed E-state index contributed by atoms with van der Waals surface area (Å²) in [6.45, 7) is 3.83. The minimum atomic E-state index is -3.10. The molecule has 0 aromatic carbocycles. The van der Waals surface area contributed by atoms with Crippen LogP contribution < -0.4 is 10.0 Å². The number of nitrogens with one attached hydrogen (secondary N) is 2. The molecule has 0 bridgehead atoms. The molecule has 6 heteroatoms. The highest BCUT2D eigenvalue weighted by atomic mass is 32.2. The lowest BCUT2D eigenvalue weighted by Crippen LogP contribution is -2.48. The molecule has 2 N–H and O–H groups in total. The zero-order valence-corrected chi connectivity index (χ0v) is 8.73. The molecule has 78 valence electrons. The molecule has 13 heavy (non-hydrogen) atoms. The molecule has 1 fully saturated rings. The Bertz CT molecular complexity index is 252. The molecule has 1 aliphatic rings. The molecule has 0 spiro atoms. The van der Waals surface area contributed by atoms with E-state index >= 15 is 0 Å². The first kappa shape index (κ1) is 10.9. The van der Waals surface area contributed by atoms with Gasteiger partial charge in [-0.05, 0) is 6.92 Å². The van der Waals surface area contributed by atoms with Crippen molar-refractivity contribution in [3.63, 3.8) is 0 Å². The quantitative estimate of drug-likeness (QED) is 0.618. The summed E-state index contributed by atoms with van der Waals surface area (Å²) in [5, 5.41) is 3.16. The van der Waals surface area contributed by atoms with Gasteiger partial charge in [-0.25, -0.2) is 13.1 Å². The number of rotatable bonds is 3. The number of hydrogen-bond donors (Lipinski definition) is 2. The van der Waals surface area contributed by atoms with Gasteiger partial charge in [-0.1, -0.05) is 0 Å². The summed E-state index contributed by atoms with van der Waals surface area (Å²) in [6, 6.07) is 0. The molecule has 5 nitrogen and oxygen atoms in total. The molecule has 0 aliphatic carbocycles. The molecule has 0 aromatic rings. The van der Waals surface area contributed by atoms with Crippen molar-refractivity contribution in [3.8, 4) is 0 Å². The minimum absolute atomic E-state index is 0.0570. The fraction of sp³-hybridized carbons (Fsp3) is 1.00. The fourth-order valence-electron chi connectivity index (χ4n) is 1.24. The molecule has 2 atom stereocenters. The average Bonchev–Trinajstić information content (AvgIpc) is 2.00. The van der Waals surface area contributed by atoms with E-state index in [0.717, 1.165) is 12.8 Å². The normalized spacial score (nSPS) is 30.3. The van der Waals surface area contributed by atoms with Crippen LogP contribution in [-0.2, 0) is 14.8 Å². The van der Waals surface area contributed by atoms with Crippen molar-refractivity contribution in [1.29, 1.82) is 0 Å². The van der Waals surface area contributed by atoms with Gasteiger partial charge in [0.1, 0.15) is 0 Å². The summed E-state index contributed by atoms with van der Waals surface area (Å²) in [5.41, 5.74) is 0. The van der Waals surface area contributed by atoms with E-state index in [1.54, 1.807) is 0 Å². The topological polar surface area (TPSA) is 67.4 Å². The summed E-state index contributed by atoms with van der Waals surface area (Å²) < 4.78 is 29.4. The predicted octanol–water partition coefficient (Wildman–Crippen LogP) is -1.09. The van der Waals surface area contributed by atoms with Crippen LogP contribution in [0.1, 0.15) is 6.92 Å². The zero-order valence-electron chi connectivity index (χ0n) is 7.91. The maximum Gasteiger partial charge on any atom is 0.208 e. The minimum Gasteiger partial charge on any atom is -0.371 e. The van der Waals surface area contributed by atoms with Crippen LogP contribution in [0.25, 0.3) is 0 Å². The maximum absolute atomic E-state index is 10.8. The largest absolute Gasteiger partial charge is 0.371 e. The zero-order chi connectivity index (χ0) is 9.90. The summed E-state index contributed by atoms with van der Waals surface area (Å²) >= 11 is 0. The van der Waals surface area contributed by atoms with Gasteiger partial charge < -0.3 is 10.1 Å². The Kier molecular flexibility index (Phi) is 3.66. The highest BCUT2D eigenvalue weighted by molar-refractivity contribution is 7.88. The Morgan fingerprint density at radius 1 is 1.54 bits per heavy atom. The molecule has 0 radical (unpaired) electrons. The van der Waals surface area contributed by atoms with Gasteiger partial charge >= 0.3 is 0 Å². The van der Waals surface area contributed by atoms with Crippen molar-refractivity contribution in [2.75, 3.05) is 25.9 Å². The fourth-order valence-corrected chi connectivity index (χ4v) is 1.73. The molecule has 1 rings (SSSR count). The second kappa shape index (κ2) is 4.36. The lowest BCUT2D eigenvalue weighted by molar-refractivity contribution is -0.0233. The van der Waals surface area contributed by atoms with E-state index in [-0.39, 0.29) is 12.2 Å². The first-order valence-electron chi connectivity index (χ1n) is 4.28. The highest BCUT2D eigenvalue weighted by Crippen LogP contribution is 2.01. The van der Waals surface area contributed by atoms with E-state index in [2.05, 4.69) is 10.0 Å². The van der Waals surface area contributed by atoms with Crippen LogP contribution in [-0.4, -0.2) is 46.5 Å². The SMILES string of the molecule is CC1CNCC(CNS(C)(=O)=O)O1. The van der Waals surface area contributed by atoms with Crippen LogP contribution in [0, 0.1) is 0 Å². The smallest absolute Gasteiger partial charge is 0.208 e. The molecular weight excluding hydrogens is 192 g/mol. The standard InChI is InChI=1S/C7H16N2O3S/c1-6-3-8-4-7(12-6)5-9-13(2,10)11/h6-9H,3-5H2,1-2H3. The van der Waals surface area contributed by atoms with Gasteiger partial charge in [0.2, 0.25) is 10.0 Å². The molecular formula is C7H16N2O3S. The lowest BCUT2D eigenvalue weighted by Gasteiger charge is -2.28. The van der Waals surface area contributed by atoms with Gasteiger partial charge in [0.05, 0.1) is 18.5 Å². The Balaban J connectivity index is 2.29. The Hall–Kier alpha value is -0.170. The van der Waals surface area contributed by atoms with Crippen molar-refractivity contribution in [3.05, 3.63) is 0 Å². The van der Waals surface area contributed by atoms with Crippen LogP contribution in [0.5, 0.6) is 0 Å². The van der Waals surface area contributed by atoms with Crippen LogP contribution in [0.3, 0.4) is 0 Å². The van der Waals surface area contributed by atoms with Gasteiger partial charge in [0, 0.05) is 19.6 Å². The van der Waals surface area contributed by atoms with E-state index < -0.39 is 10.0 Å². The van der Waals surface area contributed by atoms with Crippen molar-refractivity contribution in [2.45, 2.75) is 19.1 Å². The third-order valence-corrected chi connectivity index (χ3v) is 2.49. The Labute approximate surface area is 78.9 Å². The first-order valence-corrected chi connectivity index (χ1v) is 6.17. The van der Waals surface area contributed by atoms with Gasteiger partial charge in [-0.15, -0.1) is 0 Å². The van der Waals surface area contributed by atoms with Crippen LogP contribution in [0.2, 0.25) is 0 Å². The third kappa shape index (κ3) is 4.56. The van der Waals surface area contributed by atoms with E-state index in [0.29, 0.717) is 13.1 Å². The number of ether oxygens (including phenoxy) is 1. The van der Waals surface area contributed by atoms with Gasteiger partial charge in [0.15, 0.2) is 0 Å². The van der Waals surface area contributed by atoms with Gasteiger partial charge in [-0.3, -0.25) is 0 Å². The summed E-state index contributed by atoms with van der Waals surface area (Å²) in [4.78, 5) is 0. The Morgan fingerprint density at radius 3 is 2.77 bits per heavy atom. The predicted molar refractivity (Wildman–Crippen MR) is 50.1 cm³/mol. The van der Waals surface area contributed by atoms with E-state index in [4.69, 9.17) is 4.74 Å². The first-order chi connectivity index (χ1) is 5.97. The molecule has 0 amide bonds. The van der Waals surface area contributed by atoms with Crippen LogP contribution in [0.15, 0.2) is 0 Å². The van der Waals surface area contributed by atoms with Crippen molar-refractivity contribution < 1.29 is 13.2 Å². The van der Waals surface area contributed by atoms with E-state index in [1.807, 2.05) is 6.92 Å². The monoisotopic (exact) mass is 208 g/mol. The van der Waals surface area contributed by atoms with Crippen molar-refractivity contribution >= 4 is 10.0 Å². The molecule has 1 saturated heterocycles. The summed E-state index contributed by atoms with van der Waals surface area (Å²) in [7, 11) is -3.10. The van der Waals surface area contributed by atoms with E-state index in [9.17, 15) is 8.42 Å². The van der Waals surface area contributed by atoms with Crippen LogP contribution in [0.4, 0.5) is 0 Å². The van der Waals surface area contributed by atoms with E-state index in [1.165, 1.54) is 0 Å². The Morgan fingerprint density at radius 2 is 2.23 bits per heavy atom.